The Hall–Kier alpha value is -2.57. The van der Waals surface area contributed by atoms with Gasteiger partial charge in [0.2, 0.25) is 0 Å². The normalized spacial score (nSPS) is 17.0. The molecule has 1 aliphatic rings. The van der Waals surface area contributed by atoms with Crippen molar-refractivity contribution < 1.29 is 4.79 Å². The number of hydrogen-bond donors (Lipinski definition) is 2. The average molecular weight is 328 g/mol. The van der Waals surface area contributed by atoms with E-state index in [9.17, 15) is 4.79 Å². The summed E-state index contributed by atoms with van der Waals surface area (Å²) in [6, 6.07) is 10.3. The summed E-state index contributed by atoms with van der Waals surface area (Å²) in [5, 5.41) is 9.89. The fourth-order valence-corrected chi connectivity index (χ4v) is 2.96. The van der Waals surface area contributed by atoms with Crippen LogP contribution in [0, 0.1) is 5.92 Å². The van der Waals surface area contributed by atoms with Gasteiger partial charge in [0, 0.05) is 38.4 Å². The van der Waals surface area contributed by atoms with Gasteiger partial charge in [-0.3, -0.25) is 4.68 Å². The van der Waals surface area contributed by atoms with Crippen LogP contribution in [-0.4, -0.2) is 47.0 Å². The lowest BCUT2D eigenvalue weighted by molar-refractivity contribution is 0.239. The number of hydrogen-bond acceptors (Lipinski definition) is 4. The molecule has 1 fully saturated rings. The van der Waals surface area contributed by atoms with E-state index in [2.05, 4.69) is 49.9 Å². The predicted molar refractivity (Wildman–Crippen MR) is 92.8 cm³/mol. The second-order valence-electron chi connectivity index (χ2n) is 6.09. The van der Waals surface area contributed by atoms with Crippen LogP contribution in [0.1, 0.15) is 12.8 Å². The van der Waals surface area contributed by atoms with E-state index in [1.807, 2.05) is 6.07 Å². The van der Waals surface area contributed by atoms with Crippen LogP contribution in [0.2, 0.25) is 0 Å². The van der Waals surface area contributed by atoms with Gasteiger partial charge >= 0.3 is 6.03 Å². The molecule has 0 bridgehead atoms. The average Bonchev–Trinajstić information content (AvgIpc) is 3.29. The minimum absolute atomic E-state index is 0.0910. The number of nitrogens with one attached hydrogen (secondary N) is 2. The predicted octanol–water partition coefficient (Wildman–Crippen LogP) is 1.49. The summed E-state index contributed by atoms with van der Waals surface area (Å²) in [5.41, 5.74) is 1.26. The third-order valence-corrected chi connectivity index (χ3v) is 4.27. The fraction of sp³-hybridized carbons (Fsp3) is 0.471. The van der Waals surface area contributed by atoms with Crippen molar-refractivity contribution in [3.63, 3.8) is 0 Å². The zero-order valence-corrected chi connectivity index (χ0v) is 13.8. The molecule has 1 aliphatic heterocycles. The highest BCUT2D eigenvalue weighted by atomic mass is 16.2. The maximum atomic E-state index is 11.8. The number of amides is 2. The van der Waals surface area contributed by atoms with Gasteiger partial charge in [0.25, 0.3) is 0 Å². The second-order valence-corrected chi connectivity index (χ2v) is 6.09. The van der Waals surface area contributed by atoms with Crippen molar-refractivity contribution in [2.24, 2.45) is 5.92 Å². The first-order valence-corrected chi connectivity index (χ1v) is 8.45. The summed E-state index contributed by atoms with van der Waals surface area (Å²) in [4.78, 5) is 18.1. The molecule has 1 aromatic carbocycles. The number of carbonyl (C=O) groups excluding carboxylic acids is 1. The molecular weight excluding hydrogens is 304 g/mol. The van der Waals surface area contributed by atoms with Gasteiger partial charge in [0.15, 0.2) is 0 Å². The van der Waals surface area contributed by atoms with Gasteiger partial charge in [-0.2, -0.15) is 5.10 Å². The van der Waals surface area contributed by atoms with E-state index in [4.69, 9.17) is 0 Å². The second kappa shape index (κ2) is 8.33. The lowest BCUT2D eigenvalue weighted by atomic mass is 10.1. The van der Waals surface area contributed by atoms with E-state index in [0.717, 1.165) is 39.0 Å². The van der Waals surface area contributed by atoms with Crippen LogP contribution in [0.5, 0.6) is 0 Å². The number of rotatable bonds is 7. The molecule has 1 atom stereocenters. The molecule has 2 N–H and O–H groups in total. The zero-order chi connectivity index (χ0) is 16.6. The molecule has 2 aromatic rings. The van der Waals surface area contributed by atoms with Gasteiger partial charge in [-0.25, -0.2) is 9.78 Å². The molecule has 0 radical (unpaired) electrons. The van der Waals surface area contributed by atoms with Crippen LogP contribution in [0.25, 0.3) is 0 Å². The first kappa shape index (κ1) is 16.3. The van der Waals surface area contributed by atoms with Crippen LogP contribution in [-0.2, 0) is 6.54 Å². The molecule has 24 heavy (non-hydrogen) atoms. The Morgan fingerprint density at radius 3 is 2.92 bits per heavy atom. The lowest BCUT2D eigenvalue weighted by Gasteiger charge is -2.18. The third kappa shape index (κ3) is 4.71. The molecule has 128 valence electrons. The number of nitrogens with zero attached hydrogens (tertiary/aromatic N) is 4. The first-order chi connectivity index (χ1) is 11.8. The van der Waals surface area contributed by atoms with Crippen molar-refractivity contribution in [1.29, 1.82) is 0 Å². The molecule has 0 unspecified atom stereocenters. The summed E-state index contributed by atoms with van der Waals surface area (Å²) in [6.45, 7) is 4.16. The van der Waals surface area contributed by atoms with Gasteiger partial charge in [-0.15, -0.1) is 0 Å². The topological polar surface area (TPSA) is 75.1 Å². The highest BCUT2D eigenvalue weighted by Crippen LogP contribution is 2.22. The lowest BCUT2D eigenvalue weighted by Crippen LogP contribution is -2.39. The molecule has 0 spiro atoms. The summed E-state index contributed by atoms with van der Waals surface area (Å²) in [7, 11) is 0. The van der Waals surface area contributed by atoms with E-state index < -0.39 is 0 Å². The molecule has 2 amide bonds. The Kier molecular flexibility index (Phi) is 5.65. The van der Waals surface area contributed by atoms with Crippen molar-refractivity contribution in [3.05, 3.63) is 43.0 Å². The number of urea groups is 1. The minimum Gasteiger partial charge on any atom is -0.371 e. The zero-order valence-electron chi connectivity index (χ0n) is 13.8. The van der Waals surface area contributed by atoms with Crippen molar-refractivity contribution in [2.75, 3.05) is 31.1 Å². The number of benzene rings is 1. The molecule has 2 heterocycles. The van der Waals surface area contributed by atoms with Gasteiger partial charge in [0.1, 0.15) is 12.7 Å². The highest BCUT2D eigenvalue weighted by Gasteiger charge is 2.22. The Labute approximate surface area is 142 Å². The van der Waals surface area contributed by atoms with E-state index in [0.29, 0.717) is 12.5 Å². The number of aryl methyl sites for hydroxylation is 1. The quantitative estimate of drug-likeness (QED) is 0.755. The van der Waals surface area contributed by atoms with E-state index in [-0.39, 0.29) is 6.03 Å². The van der Waals surface area contributed by atoms with Crippen LogP contribution in [0.4, 0.5) is 10.5 Å². The fourth-order valence-electron chi connectivity index (χ4n) is 2.96. The van der Waals surface area contributed by atoms with Crippen LogP contribution >= 0.6 is 0 Å². The monoisotopic (exact) mass is 328 g/mol. The highest BCUT2D eigenvalue weighted by molar-refractivity contribution is 5.73. The van der Waals surface area contributed by atoms with Crippen LogP contribution < -0.4 is 15.5 Å². The Balaban J connectivity index is 1.29. The largest absolute Gasteiger partial charge is 0.371 e. The Morgan fingerprint density at radius 1 is 1.25 bits per heavy atom. The number of carbonyl (C=O) groups is 1. The molecule has 7 heteroatoms. The first-order valence-electron chi connectivity index (χ1n) is 8.45. The van der Waals surface area contributed by atoms with Crippen molar-refractivity contribution in [1.82, 2.24) is 25.4 Å². The molecule has 1 aromatic heterocycles. The number of anilines is 1. The molecule has 0 saturated carbocycles. The van der Waals surface area contributed by atoms with Gasteiger partial charge in [-0.1, -0.05) is 18.2 Å². The van der Waals surface area contributed by atoms with E-state index >= 15 is 0 Å². The van der Waals surface area contributed by atoms with Crippen LogP contribution in [0.3, 0.4) is 0 Å². The minimum atomic E-state index is -0.0910. The summed E-state index contributed by atoms with van der Waals surface area (Å²) in [5.74, 6) is 0.506. The maximum Gasteiger partial charge on any atom is 0.314 e. The van der Waals surface area contributed by atoms with Gasteiger partial charge in [-0.05, 0) is 30.9 Å². The molecule has 0 aliphatic carbocycles. The molecule has 3 rings (SSSR count). The Bertz CT molecular complexity index is 615. The van der Waals surface area contributed by atoms with Crippen molar-refractivity contribution >= 4 is 11.7 Å². The standard InChI is InChI=1S/C17H24N6O/c24-17(19-8-4-9-23-14-18-13-21-23)20-11-15-7-10-22(12-15)16-5-2-1-3-6-16/h1-3,5-6,13-15H,4,7-12H2,(H2,19,20,24)/t15-/m0/s1. The molecular formula is C17H24N6O. The maximum absolute atomic E-state index is 11.8. The number of aromatic nitrogens is 3. The SMILES string of the molecule is O=C(NCCCn1cncn1)NC[C@@H]1CCN(c2ccccc2)C1. The third-order valence-electron chi connectivity index (χ3n) is 4.27. The van der Waals surface area contributed by atoms with E-state index in [1.54, 1.807) is 11.0 Å². The van der Waals surface area contributed by atoms with Gasteiger partial charge in [0.05, 0.1) is 0 Å². The summed E-state index contributed by atoms with van der Waals surface area (Å²) in [6.07, 6.45) is 5.14. The smallest absolute Gasteiger partial charge is 0.314 e. The van der Waals surface area contributed by atoms with Crippen molar-refractivity contribution in [3.8, 4) is 0 Å². The van der Waals surface area contributed by atoms with Gasteiger partial charge < -0.3 is 15.5 Å². The Morgan fingerprint density at radius 2 is 2.12 bits per heavy atom. The summed E-state index contributed by atoms with van der Waals surface area (Å²) >= 11 is 0. The van der Waals surface area contributed by atoms with Crippen molar-refractivity contribution in [2.45, 2.75) is 19.4 Å². The van der Waals surface area contributed by atoms with E-state index in [1.165, 1.54) is 12.0 Å². The molecule has 7 nitrogen and oxygen atoms in total. The van der Waals surface area contributed by atoms with Crippen LogP contribution in [0.15, 0.2) is 43.0 Å². The molecule has 1 saturated heterocycles. The summed E-state index contributed by atoms with van der Waals surface area (Å²) < 4.78 is 1.76. The number of para-hydroxylation sites is 1.